The van der Waals surface area contributed by atoms with Gasteiger partial charge in [0.2, 0.25) is 17.6 Å². The summed E-state index contributed by atoms with van der Waals surface area (Å²) < 4.78 is 15.3. The highest BCUT2D eigenvalue weighted by atomic mass is 16.5. The molecule has 2 atom stereocenters. The first kappa shape index (κ1) is 20.8. The van der Waals surface area contributed by atoms with Crippen molar-refractivity contribution in [3.63, 3.8) is 0 Å². The number of rotatable bonds is 8. The maximum absolute atomic E-state index is 12.4. The van der Waals surface area contributed by atoms with Gasteiger partial charge in [-0.15, -0.1) is 0 Å². The van der Waals surface area contributed by atoms with Crippen LogP contribution in [0.2, 0.25) is 0 Å². The van der Waals surface area contributed by atoms with Gasteiger partial charge in [0, 0.05) is 12.6 Å². The number of imide groups is 1. The molecule has 2 fully saturated rings. The van der Waals surface area contributed by atoms with E-state index in [0.29, 0.717) is 11.5 Å². The highest BCUT2D eigenvalue weighted by molar-refractivity contribution is 6.05. The number of amides is 2. The van der Waals surface area contributed by atoms with Gasteiger partial charge in [-0.3, -0.25) is 24.1 Å². The highest BCUT2D eigenvalue weighted by Crippen LogP contribution is 2.38. The van der Waals surface area contributed by atoms with E-state index in [1.165, 1.54) is 25.2 Å². The number of carbonyl (C=O) groups excluding carboxylic acids is 4. The van der Waals surface area contributed by atoms with Crippen LogP contribution in [0.25, 0.3) is 0 Å². The molecule has 1 saturated heterocycles. The number of fused-ring (bicyclic) bond motifs is 1. The minimum atomic E-state index is -0.638. The van der Waals surface area contributed by atoms with Gasteiger partial charge < -0.3 is 14.2 Å². The molecule has 8 heteroatoms. The monoisotopic (exact) mass is 403 g/mol. The molecular formula is C21H25NO7. The lowest BCUT2D eigenvalue weighted by Crippen LogP contribution is -2.33. The molecule has 156 valence electrons. The van der Waals surface area contributed by atoms with Crippen LogP contribution in [0.3, 0.4) is 0 Å². The second-order valence-corrected chi connectivity index (χ2v) is 7.23. The Morgan fingerprint density at radius 1 is 1.03 bits per heavy atom. The Hall–Kier alpha value is -2.90. The second-order valence-electron chi connectivity index (χ2n) is 7.23. The Balaban J connectivity index is 1.51. The summed E-state index contributed by atoms with van der Waals surface area (Å²) in [4.78, 5) is 50.4. The van der Waals surface area contributed by atoms with E-state index >= 15 is 0 Å². The fourth-order valence-corrected chi connectivity index (χ4v) is 3.98. The van der Waals surface area contributed by atoms with E-state index < -0.39 is 18.4 Å². The Labute approximate surface area is 169 Å². The lowest BCUT2D eigenvalue weighted by molar-refractivity contribution is -0.145. The van der Waals surface area contributed by atoms with Crippen molar-refractivity contribution in [1.82, 2.24) is 4.90 Å². The van der Waals surface area contributed by atoms with Crippen LogP contribution in [0.1, 0.15) is 42.5 Å². The SMILES string of the molecule is COc1ccc(C(=O)COC(=O)CCN2C(=O)[C@H]3CCCC[C@H]3C2=O)c(OC)c1. The van der Waals surface area contributed by atoms with Crippen molar-refractivity contribution < 1.29 is 33.4 Å². The summed E-state index contributed by atoms with van der Waals surface area (Å²) in [6.45, 7) is -0.460. The molecule has 0 unspecified atom stereocenters. The molecule has 8 nitrogen and oxygen atoms in total. The summed E-state index contributed by atoms with van der Waals surface area (Å²) in [5, 5.41) is 0. The molecule has 1 aliphatic heterocycles. The zero-order chi connectivity index (χ0) is 21.0. The second kappa shape index (κ2) is 9.07. The van der Waals surface area contributed by atoms with Crippen molar-refractivity contribution in [2.75, 3.05) is 27.4 Å². The number of hydrogen-bond acceptors (Lipinski definition) is 7. The average molecular weight is 403 g/mol. The predicted molar refractivity (Wildman–Crippen MR) is 102 cm³/mol. The maximum atomic E-state index is 12.4. The molecule has 1 saturated carbocycles. The van der Waals surface area contributed by atoms with E-state index in [4.69, 9.17) is 14.2 Å². The smallest absolute Gasteiger partial charge is 0.308 e. The lowest BCUT2D eigenvalue weighted by atomic mass is 9.81. The first-order chi connectivity index (χ1) is 14.0. The zero-order valence-corrected chi connectivity index (χ0v) is 16.6. The fourth-order valence-electron chi connectivity index (χ4n) is 3.98. The third-order valence-electron chi connectivity index (χ3n) is 5.55. The van der Waals surface area contributed by atoms with Crippen molar-refractivity contribution in [3.05, 3.63) is 23.8 Å². The Morgan fingerprint density at radius 2 is 1.69 bits per heavy atom. The molecular weight excluding hydrogens is 378 g/mol. The van der Waals surface area contributed by atoms with Crippen LogP contribution in [0, 0.1) is 11.8 Å². The molecule has 0 spiro atoms. The molecule has 2 aliphatic rings. The first-order valence-corrected chi connectivity index (χ1v) is 9.72. The number of ether oxygens (including phenoxy) is 3. The van der Waals surface area contributed by atoms with Crippen LogP contribution < -0.4 is 9.47 Å². The van der Waals surface area contributed by atoms with Crippen LogP contribution in [-0.4, -0.2) is 55.8 Å². The molecule has 3 rings (SSSR count). The lowest BCUT2D eigenvalue weighted by Gasteiger charge is -2.19. The number of benzene rings is 1. The largest absolute Gasteiger partial charge is 0.497 e. The molecule has 0 aromatic heterocycles. The Morgan fingerprint density at radius 3 is 2.28 bits per heavy atom. The van der Waals surface area contributed by atoms with E-state index in [2.05, 4.69) is 0 Å². The van der Waals surface area contributed by atoms with Gasteiger partial charge in [0.1, 0.15) is 11.5 Å². The van der Waals surface area contributed by atoms with Gasteiger partial charge in [0.25, 0.3) is 0 Å². The zero-order valence-electron chi connectivity index (χ0n) is 16.6. The van der Waals surface area contributed by atoms with Gasteiger partial charge in [0.15, 0.2) is 6.61 Å². The quantitative estimate of drug-likeness (QED) is 0.372. The molecule has 1 heterocycles. The molecule has 1 aromatic rings. The molecule has 1 aliphatic carbocycles. The number of carbonyl (C=O) groups is 4. The van der Waals surface area contributed by atoms with E-state index in [1.807, 2.05) is 0 Å². The van der Waals surface area contributed by atoms with Crippen LogP contribution in [0.5, 0.6) is 11.5 Å². The van der Waals surface area contributed by atoms with Gasteiger partial charge in [-0.25, -0.2) is 0 Å². The normalized spacial score (nSPS) is 21.0. The standard InChI is InChI=1S/C21H25NO7/c1-27-13-7-8-16(18(11-13)28-2)17(23)12-29-19(24)9-10-22-20(25)14-5-3-4-6-15(14)21(22)26/h7-8,11,14-15H,3-6,9-10,12H2,1-2H3/t14-,15+. The van der Waals surface area contributed by atoms with Crippen LogP contribution in [0.4, 0.5) is 0 Å². The topological polar surface area (TPSA) is 99.2 Å². The van der Waals surface area contributed by atoms with Crippen molar-refractivity contribution in [3.8, 4) is 11.5 Å². The third-order valence-corrected chi connectivity index (χ3v) is 5.55. The molecule has 0 radical (unpaired) electrons. The van der Waals surface area contributed by atoms with E-state index in [1.54, 1.807) is 12.1 Å². The molecule has 0 bridgehead atoms. The molecule has 1 aromatic carbocycles. The maximum Gasteiger partial charge on any atom is 0.308 e. The number of methoxy groups -OCH3 is 2. The van der Waals surface area contributed by atoms with Gasteiger partial charge in [-0.1, -0.05) is 12.8 Å². The number of esters is 1. The predicted octanol–water partition coefficient (Wildman–Crippen LogP) is 1.99. The molecule has 2 amide bonds. The van der Waals surface area contributed by atoms with Gasteiger partial charge >= 0.3 is 5.97 Å². The van der Waals surface area contributed by atoms with Crippen molar-refractivity contribution in [2.45, 2.75) is 32.1 Å². The molecule has 29 heavy (non-hydrogen) atoms. The van der Waals surface area contributed by atoms with E-state index in [-0.39, 0.29) is 42.2 Å². The van der Waals surface area contributed by atoms with E-state index in [0.717, 1.165) is 25.7 Å². The van der Waals surface area contributed by atoms with Gasteiger partial charge in [-0.05, 0) is 25.0 Å². The van der Waals surface area contributed by atoms with Crippen LogP contribution in [-0.2, 0) is 19.1 Å². The average Bonchev–Trinajstić information content (AvgIpc) is 3.00. The van der Waals surface area contributed by atoms with Crippen molar-refractivity contribution >= 4 is 23.6 Å². The van der Waals surface area contributed by atoms with Gasteiger partial charge in [0.05, 0.1) is 38.0 Å². The fraction of sp³-hybridized carbons (Fsp3) is 0.524. The van der Waals surface area contributed by atoms with Crippen molar-refractivity contribution in [1.29, 1.82) is 0 Å². The summed E-state index contributed by atoms with van der Waals surface area (Å²) >= 11 is 0. The highest BCUT2D eigenvalue weighted by Gasteiger charge is 2.47. The third kappa shape index (κ3) is 4.41. The Bertz CT molecular complexity index is 795. The van der Waals surface area contributed by atoms with Gasteiger partial charge in [-0.2, -0.15) is 0 Å². The summed E-state index contributed by atoms with van der Waals surface area (Å²) in [7, 11) is 2.93. The number of Topliss-reactive ketones (excluding diaryl/α,β-unsaturated/α-hetero) is 1. The summed E-state index contributed by atoms with van der Waals surface area (Å²) in [5.74, 6) is -1.05. The summed E-state index contributed by atoms with van der Waals surface area (Å²) in [6.07, 6.45) is 3.23. The first-order valence-electron chi connectivity index (χ1n) is 9.72. The minimum absolute atomic E-state index is 0.0104. The number of ketones is 1. The summed E-state index contributed by atoms with van der Waals surface area (Å²) in [5.41, 5.74) is 0.273. The Kier molecular flexibility index (Phi) is 6.51. The minimum Gasteiger partial charge on any atom is -0.497 e. The number of hydrogen-bond donors (Lipinski definition) is 0. The molecule has 0 N–H and O–H groups in total. The van der Waals surface area contributed by atoms with Crippen LogP contribution >= 0.6 is 0 Å². The number of nitrogens with zero attached hydrogens (tertiary/aromatic N) is 1. The number of likely N-dealkylation sites (tertiary alicyclic amines) is 1. The summed E-state index contributed by atoms with van der Waals surface area (Å²) in [6, 6.07) is 4.72. The van der Waals surface area contributed by atoms with Crippen molar-refractivity contribution in [2.24, 2.45) is 11.8 Å². The van der Waals surface area contributed by atoms with Crippen LogP contribution in [0.15, 0.2) is 18.2 Å². The van der Waals surface area contributed by atoms with E-state index in [9.17, 15) is 19.2 Å².